The van der Waals surface area contributed by atoms with Crippen LogP contribution in [0.2, 0.25) is 0 Å². The number of ether oxygens (including phenoxy) is 1. The second-order valence-corrected chi connectivity index (χ2v) is 7.19. The Morgan fingerprint density at radius 2 is 2.00 bits per heavy atom. The summed E-state index contributed by atoms with van der Waals surface area (Å²) in [5, 5.41) is 0. The Morgan fingerprint density at radius 1 is 1.29 bits per heavy atom. The van der Waals surface area contributed by atoms with Crippen molar-refractivity contribution < 1.29 is 14.3 Å². The lowest BCUT2D eigenvalue weighted by Gasteiger charge is -2.33. The molecule has 0 unspecified atom stereocenters. The normalized spacial score (nSPS) is 25.2. The summed E-state index contributed by atoms with van der Waals surface area (Å²) in [5.41, 5.74) is 8.19. The molecular weight excluding hydrogens is 306 g/mol. The number of nitrogens with zero attached hydrogens (tertiary/aromatic N) is 1. The molecule has 2 atom stereocenters. The lowest BCUT2D eigenvalue weighted by Crippen LogP contribution is -2.40. The number of hydrogen-bond acceptors (Lipinski definition) is 3. The third-order valence-corrected chi connectivity index (χ3v) is 5.41. The molecule has 2 aliphatic rings. The lowest BCUT2D eigenvalue weighted by atomic mass is 9.86. The van der Waals surface area contributed by atoms with Gasteiger partial charge in [0.2, 0.25) is 5.91 Å². The molecule has 0 aromatic carbocycles. The van der Waals surface area contributed by atoms with Crippen molar-refractivity contribution in [1.29, 1.82) is 0 Å². The van der Waals surface area contributed by atoms with Crippen LogP contribution in [0.4, 0.5) is 0 Å². The average Bonchev–Trinajstić information content (AvgIpc) is 3.13. The number of primary amides is 1. The van der Waals surface area contributed by atoms with Gasteiger partial charge >= 0.3 is 0 Å². The molecule has 3 heterocycles. The lowest BCUT2D eigenvalue weighted by molar-refractivity contribution is -0.123. The number of nitrogens with two attached hydrogens (primary N) is 1. The maximum absolute atomic E-state index is 12.6. The van der Waals surface area contributed by atoms with Gasteiger partial charge in [-0.15, -0.1) is 0 Å². The van der Waals surface area contributed by atoms with Crippen LogP contribution in [0.1, 0.15) is 47.4 Å². The number of nitrogens with one attached hydrogen (secondary N) is 1. The first-order chi connectivity index (χ1) is 11.5. The van der Waals surface area contributed by atoms with Crippen LogP contribution in [0, 0.1) is 25.7 Å². The van der Waals surface area contributed by atoms with Gasteiger partial charge in [0.25, 0.3) is 5.91 Å². The van der Waals surface area contributed by atoms with E-state index in [0.717, 1.165) is 50.0 Å². The minimum Gasteiger partial charge on any atom is -0.377 e. The van der Waals surface area contributed by atoms with Gasteiger partial charge in [0.15, 0.2) is 0 Å². The number of H-pyrrole nitrogens is 1. The highest BCUT2D eigenvalue weighted by Gasteiger charge is 2.35. The third kappa shape index (κ3) is 3.48. The number of aryl methyl sites for hydroxylation is 2. The highest BCUT2D eigenvalue weighted by atomic mass is 16.5. The van der Waals surface area contributed by atoms with Gasteiger partial charge in [-0.1, -0.05) is 0 Å². The van der Waals surface area contributed by atoms with E-state index in [9.17, 15) is 9.59 Å². The number of amides is 2. The molecule has 132 valence electrons. The van der Waals surface area contributed by atoms with Crippen molar-refractivity contribution in [2.24, 2.45) is 17.6 Å². The van der Waals surface area contributed by atoms with E-state index in [4.69, 9.17) is 10.5 Å². The van der Waals surface area contributed by atoms with E-state index in [0.29, 0.717) is 18.2 Å². The first kappa shape index (κ1) is 17.0. The van der Waals surface area contributed by atoms with Crippen LogP contribution in [0.25, 0.3) is 0 Å². The zero-order chi connectivity index (χ0) is 17.3. The van der Waals surface area contributed by atoms with Gasteiger partial charge in [-0.05, 0) is 57.1 Å². The van der Waals surface area contributed by atoms with E-state index in [1.54, 1.807) is 0 Å². The summed E-state index contributed by atoms with van der Waals surface area (Å²) in [7, 11) is 0. The van der Waals surface area contributed by atoms with E-state index in [-0.39, 0.29) is 23.8 Å². The van der Waals surface area contributed by atoms with Gasteiger partial charge < -0.3 is 20.4 Å². The molecular formula is C18H27N3O3. The minimum atomic E-state index is -0.247. The maximum atomic E-state index is 12.6. The predicted molar refractivity (Wildman–Crippen MR) is 90.6 cm³/mol. The van der Waals surface area contributed by atoms with Gasteiger partial charge in [0, 0.05) is 25.4 Å². The number of aromatic amines is 1. The van der Waals surface area contributed by atoms with Gasteiger partial charge in [0.05, 0.1) is 12.0 Å². The Labute approximate surface area is 142 Å². The van der Waals surface area contributed by atoms with Crippen molar-refractivity contribution in [1.82, 2.24) is 9.88 Å². The molecule has 1 aromatic rings. The number of aromatic nitrogens is 1. The van der Waals surface area contributed by atoms with Crippen LogP contribution in [0.15, 0.2) is 6.07 Å². The van der Waals surface area contributed by atoms with Crippen LogP contribution in [0.3, 0.4) is 0 Å². The average molecular weight is 333 g/mol. The number of carbonyl (C=O) groups is 2. The first-order valence-corrected chi connectivity index (χ1v) is 8.82. The molecule has 24 heavy (non-hydrogen) atoms. The molecule has 6 nitrogen and oxygen atoms in total. The summed E-state index contributed by atoms with van der Waals surface area (Å²) in [4.78, 5) is 29.2. The van der Waals surface area contributed by atoms with Gasteiger partial charge in [-0.25, -0.2) is 0 Å². The smallest absolute Gasteiger partial charge is 0.270 e. The van der Waals surface area contributed by atoms with E-state index in [1.807, 2.05) is 24.8 Å². The fourth-order valence-corrected chi connectivity index (χ4v) is 4.02. The van der Waals surface area contributed by atoms with Crippen LogP contribution in [-0.4, -0.2) is 47.5 Å². The number of hydrogen-bond donors (Lipinski definition) is 2. The summed E-state index contributed by atoms with van der Waals surface area (Å²) in [5.74, 6) is 0.188. The Morgan fingerprint density at radius 3 is 2.58 bits per heavy atom. The molecule has 0 spiro atoms. The molecule has 0 saturated carbocycles. The summed E-state index contributed by atoms with van der Waals surface area (Å²) in [6, 6.07) is 2.00. The molecule has 1 aromatic heterocycles. The topological polar surface area (TPSA) is 88.4 Å². The largest absolute Gasteiger partial charge is 0.377 e. The Bertz CT molecular complexity index is 617. The summed E-state index contributed by atoms with van der Waals surface area (Å²) >= 11 is 0. The van der Waals surface area contributed by atoms with E-state index >= 15 is 0 Å². The van der Waals surface area contributed by atoms with Crippen molar-refractivity contribution in [3.05, 3.63) is 23.0 Å². The highest BCUT2D eigenvalue weighted by molar-refractivity contribution is 5.94. The number of likely N-dealkylation sites (tertiary alicyclic amines) is 1. The van der Waals surface area contributed by atoms with Crippen molar-refractivity contribution >= 4 is 11.8 Å². The highest BCUT2D eigenvalue weighted by Crippen LogP contribution is 2.31. The molecule has 3 rings (SSSR count). The second kappa shape index (κ2) is 6.97. The molecule has 0 aliphatic carbocycles. The minimum absolute atomic E-state index is 0.0388. The molecule has 0 bridgehead atoms. The molecule has 2 saturated heterocycles. The fraction of sp³-hybridized carbons (Fsp3) is 0.667. The summed E-state index contributed by atoms with van der Waals surface area (Å²) < 4.78 is 5.71. The molecule has 3 N–H and O–H groups in total. The molecule has 2 fully saturated rings. The Balaban J connectivity index is 1.53. The summed E-state index contributed by atoms with van der Waals surface area (Å²) in [6.45, 7) is 6.07. The van der Waals surface area contributed by atoms with Crippen molar-refractivity contribution in [3.63, 3.8) is 0 Å². The van der Waals surface area contributed by atoms with Crippen LogP contribution in [0.5, 0.6) is 0 Å². The first-order valence-electron chi connectivity index (χ1n) is 8.82. The number of rotatable bonds is 4. The Kier molecular flexibility index (Phi) is 4.94. The number of carbonyl (C=O) groups excluding carboxylic acids is 2. The zero-order valence-electron chi connectivity index (χ0n) is 14.5. The predicted octanol–water partition coefficient (Wildman–Crippen LogP) is 1.76. The van der Waals surface area contributed by atoms with E-state index in [1.165, 1.54) is 0 Å². The standard InChI is InChI=1S/C18H27N3O3/c1-11-9-12(2)20-16(11)18(23)21-6-3-13(4-7-21)10-15-14(17(19)22)5-8-24-15/h9,13-15,20H,3-8,10H2,1-2H3,(H2,19,22)/t14-,15-/m1/s1. The molecule has 2 aliphatic heterocycles. The van der Waals surface area contributed by atoms with Crippen LogP contribution in [-0.2, 0) is 9.53 Å². The van der Waals surface area contributed by atoms with Crippen molar-refractivity contribution in [3.8, 4) is 0 Å². The molecule has 0 radical (unpaired) electrons. The monoisotopic (exact) mass is 333 g/mol. The van der Waals surface area contributed by atoms with Crippen molar-refractivity contribution in [2.75, 3.05) is 19.7 Å². The quantitative estimate of drug-likeness (QED) is 0.880. The van der Waals surface area contributed by atoms with Gasteiger partial charge in [-0.2, -0.15) is 0 Å². The molecule has 6 heteroatoms. The molecule has 2 amide bonds. The van der Waals surface area contributed by atoms with E-state index in [2.05, 4.69) is 4.98 Å². The maximum Gasteiger partial charge on any atom is 0.270 e. The van der Waals surface area contributed by atoms with Crippen LogP contribution >= 0.6 is 0 Å². The SMILES string of the molecule is Cc1cc(C)c(C(=O)N2CCC(C[C@H]3OCC[C@H]3C(N)=O)CC2)[nH]1. The van der Waals surface area contributed by atoms with E-state index < -0.39 is 0 Å². The van der Waals surface area contributed by atoms with Crippen molar-refractivity contribution in [2.45, 2.75) is 45.6 Å². The summed E-state index contributed by atoms with van der Waals surface area (Å²) in [6.07, 6.45) is 3.48. The third-order valence-electron chi connectivity index (χ3n) is 5.41. The van der Waals surface area contributed by atoms with Crippen LogP contribution < -0.4 is 5.73 Å². The Hall–Kier alpha value is -1.82. The zero-order valence-corrected chi connectivity index (χ0v) is 14.5. The fourth-order valence-electron chi connectivity index (χ4n) is 4.02. The number of piperidine rings is 1. The van der Waals surface area contributed by atoms with Gasteiger partial charge in [-0.3, -0.25) is 9.59 Å². The van der Waals surface area contributed by atoms with Gasteiger partial charge in [0.1, 0.15) is 5.69 Å². The second-order valence-electron chi connectivity index (χ2n) is 7.19.